The molecule has 2 amide bonds. The minimum Gasteiger partial charge on any atom is -0.618 e. The quantitative estimate of drug-likeness (QED) is 0.321. The number of hydrogen-bond donors (Lipinski definition) is 0. The van der Waals surface area contributed by atoms with Crippen molar-refractivity contribution in [1.82, 2.24) is 9.96 Å². The number of pyridine rings is 1. The second-order valence-corrected chi connectivity index (χ2v) is 9.25. The van der Waals surface area contributed by atoms with Crippen LogP contribution in [0.3, 0.4) is 0 Å². The van der Waals surface area contributed by atoms with Gasteiger partial charge in [-0.1, -0.05) is 30.3 Å². The van der Waals surface area contributed by atoms with Crippen LogP contribution in [0.15, 0.2) is 42.5 Å². The lowest BCUT2D eigenvalue weighted by atomic mass is 9.82. The molecule has 1 fully saturated rings. The average Bonchev–Trinajstić information content (AvgIpc) is 3.63. The molecule has 34 heavy (non-hydrogen) atoms. The largest absolute Gasteiger partial charge is 0.618 e. The van der Waals surface area contributed by atoms with Crippen LogP contribution >= 0.6 is 0 Å². The van der Waals surface area contributed by atoms with Crippen molar-refractivity contribution in [3.8, 4) is 0 Å². The lowest BCUT2D eigenvalue weighted by Gasteiger charge is -2.25. The van der Waals surface area contributed by atoms with E-state index in [4.69, 9.17) is 9.57 Å². The smallest absolute Gasteiger partial charge is 0.410 e. The summed E-state index contributed by atoms with van der Waals surface area (Å²) in [6.07, 6.45) is 5.92. The molecule has 0 N–H and O–H groups in total. The Morgan fingerprint density at radius 2 is 1.88 bits per heavy atom. The van der Waals surface area contributed by atoms with E-state index in [-0.39, 0.29) is 31.0 Å². The summed E-state index contributed by atoms with van der Waals surface area (Å²) < 4.78 is 6.55. The maximum Gasteiger partial charge on any atom is 0.410 e. The molecule has 2 aliphatic carbocycles. The van der Waals surface area contributed by atoms with Gasteiger partial charge in [-0.3, -0.25) is 14.5 Å². The van der Waals surface area contributed by atoms with Gasteiger partial charge in [0.2, 0.25) is 0 Å². The Morgan fingerprint density at radius 1 is 1.12 bits per heavy atom. The van der Waals surface area contributed by atoms with Gasteiger partial charge in [-0.2, -0.15) is 4.73 Å². The van der Waals surface area contributed by atoms with Gasteiger partial charge in [0.25, 0.3) is 5.91 Å². The fraction of sp³-hybridized carbons (Fsp3) is 0.500. The van der Waals surface area contributed by atoms with Crippen molar-refractivity contribution in [3.05, 3.63) is 70.2 Å². The molecule has 1 aromatic heterocycles. The number of likely N-dealkylation sites (N-methyl/N-ethyl adjacent to an activating group) is 1. The molecule has 0 radical (unpaired) electrons. The lowest BCUT2D eigenvalue weighted by molar-refractivity contribution is -0.623. The van der Waals surface area contributed by atoms with Gasteiger partial charge in [0, 0.05) is 43.5 Å². The SMILES string of the molecule is CON(C)C(=O)CN(CCCc1ccc2c([n+]1[O-])CCCC21CC1)C(=O)OCc1ccccc1. The predicted molar refractivity (Wildman–Crippen MR) is 126 cm³/mol. The number of nitrogens with zero attached hydrogens (tertiary/aromatic N) is 3. The maximum absolute atomic E-state index is 13.0. The molecule has 1 spiro atoms. The number of hydroxylamine groups is 2. The monoisotopic (exact) mass is 467 g/mol. The second-order valence-electron chi connectivity index (χ2n) is 9.25. The molecular weight excluding hydrogens is 434 g/mol. The molecule has 1 saturated carbocycles. The molecule has 2 aromatic rings. The summed E-state index contributed by atoms with van der Waals surface area (Å²) in [7, 11) is 2.89. The highest BCUT2D eigenvalue weighted by Gasteiger charge is 2.49. The minimum absolute atomic E-state index is 0.123. The Morgan fingerprint density at radius 3 is 2.59 bits per heavy atom. The van der Waals surface area contributed by atoms with Crippen LogP contribution in [0.1, 0.15) is 54.6 Å². The number of rotatable bonds is 9. The third-order valence-corrected chi connectivity index (χ3v) is 7.03. The molecular formula is C26H33N3O5. The topological polar surface area (TPSA) is 86.0 Å². The zero-order valence-corrected chi connectivity index (χ0v) is 20.0. The third kappa shape index (κ3) is 5.33. The average molecular weight is 468 g/mol. The minimum atomic E-state index is -0.571. The standard InChI is InChI=1S/C26H33N3O5/c1-27(33-2)24(30)18-28(25(31)34-19-20-8-4-3-5-9-20)17-7-10-21-12-13-22-23(29(21)32)11-6-14-26(22)15-16-26/h3-5,8-9,12-13H,6-7,10-11,14-19H2,1-2H3. The van der Waals surface area contributed by atoms with Crippen LogP contribution in [0.2, 0.25) is 0 Å². The van der Waals surface area contributed by atoms with E-state index in [1.54, 1.807) is 0 Å². The van der Waals surface area contributed by atoms with Crippen LogP contribution in [0.4, 0.5) is 4.79 Å². The summed E-state index contributed by atoms with van der Waals surface area (Å²) >= 11 is 0. The van der Waals surface area contributed by atoms with Crippen LogP contribution in [0, 0.1) is 5.21 Å². The number of fused-ring (bicyclic) bond motifs is 2. The molecule has 0 aliphatic heterocycles. The number of aromatic nitrogens is 1. The van der Waals surface area contributed by atoms with Crippen molar-refractivity contribution in [2.45, 2.75) is 57.0 Å². The van der Waals surface area contributed by atoms with Gasteiger partial charge in [-0.25, -0.2) is 9.86 Å². The van der Waals surface area contributed by atoms with E-state index < -0.39 is 6.09 Å². The van der Waals surface area contributed by atoms with Crippen molar-refractivity contribution in [1.29, 1.82) is 0 Å². The van der Waals surface area contributed by atoms with Crippen molar-refractivity contribution >= 4 is 12.0 Å². The van der Waals surface area contributed by atoms with Crippen molar-refractivity contribution in [2.75, 3.05) is 27.2 Å². The highest BCUT2D eigenvalue weighted by molar-refractivity contribution is 5.81. The molecule has 0 unspecified atom stereocenters. The van der Waals surface area contributed by atoms with E-state index in [9.17, 15) is 14.8 Å². The summed E-state index contributed by atoms with van der Waals surface area (Å²) in [5, 5.41) is 14.1. The number of carbonyl (C=O) groups is 2. The van der Waals surface area contributed by atoms with Crippen molar-refractivity contribution < 1.29 is 23.9 Å². The fourth-order valence-corrected chi connectivity index (χ4v) is 4.79. The Kier molecular flexibility index (Phi) is 7.36. The van der Waals surface area contributed by atoms with Gasteiger partial charge in [0.1, 0.15) is 13.2 Å². The van der Waals surface area contributed by atoms with Crippen LogP contribution in [0.25, 0.3) is 0 Å². The number of aryl methyl sites for hydroxylation is 1. The van der Waals surface area contributed by atoms with Crippen LogP contribution in [-0.2, 0) is 39.2 Å². The van der Waals surface area contributed by atoms with Crippen molar-refractivity contribution in [2.24, 2.45) is 0 Å². The first-order valence-electron chi connectivity index (χ1n) is 11.9. The Bertz CT molecular complexity index is 1020. The molecule has 1 heterocycles. The Balaban J connectivity index is 1.39. The van der Waals surface area contributed by atoms with Gasteiger partial charge in [-0.15, -0.1) is 0 Å². The van der Waals surface area contributed by atoms with Crippen LogP contribution in [0.5, 0.6) is 0 Å². The molecule has 0 bridgehead atoms. The zero-order chi connectivity index (χ0) is 24.1. The first kappa shape index (κ1) is 24.0. The molecule has 1 aromatic carbocycles. The lowest BCUT2D eigenvalue weighted by Crippen LogP contribution is -2.43. The zero-order valence-electron chi connectivity index (χ0n) is 20.0. The highest BCUT2D eigenvalue weighted by Crippen LogP contribution is 2.54. The van der Waals surface area contributed by atoms with Gasteiger partial charge in [-0.05, 0) is 43.7 Å². The summed E-state index contributed by atoms with van der Waals surface area (Å²) in [6, 6.07) is 13.4. The van der Waals surface area contributed by atoms with Gasteiger partial charge in [0.15, 0.2) is 11.4 Å². The van der Waals surface area contributed by atoms with E-state index in [0.717, 1.165) is 33.9 Å². The number of ether oxygens (including phenoxy) is 1. The first-order chi connectivity index (χ1) is 16.4. The normalized spacial score (nSPS) is 15.5. The second kappa shape index (κ2) is 10.4. The Hall–Kier alpha value is -3.13. The fourth-order valence-electron chi connectivity index (χ4n) is 4.79. The van der Waals surface area contributed by atoms with Gasteiger partial charge in [0.05, 0.1) is 7.11 Å². The predicted octanol–water partition coefficient (Wildman–Crippen LogP) is 3.28. The number of amides is 2. The molecule has 4 rings (SSSR count). The molecule has 8 nitrogen and oxygen atoms in total. The van der Waals surface area contributed by atoms with E-state index in [0.29, 0.717) is 18.5 Å². The molecule has 8 heteroatoms. The number of benzene rings is 1. The molecule has 182 valence electrons. The van der Waals surface area contributed by atoms with Crippen LogP contribution in [-0.4, -0.2) is 49.2 Å². The summed E-state index contributed by atoms with van der Waals surface area (Å²) in [6.45, 7) is 0.248. The highest BCUT2D eigenvalue weighted by atomic mass is 16.7. The van der Waals surface area contributed by atoms with E-state index in [1.165, 1.54) is 43.9 Å². The summed E-state index contributed by atoms with van der Waals surface area (Å²) in [5.74, 6) is -0.360. The van der Waals surface area contributed by atoms with Crippen LogP contribution < -0.4 is 4.73 Å². The number of hydrogen-bond acceptors (Lipinski definition) is 5. The Labute approximate surface area is 200 Å². The third-order valence-electron chi connectivity index (χ3n) is 7.03. The van der Waals surface area contributed by atoms with E-state index in [1.807, 2.05) is 36.4 Å². The maximum atomic E-state index is 13.0. The first-order valence-corrected chi connectivity index (χ1v) is 11.9. The molecule has 0 saturated heterocycles. The molecule has 2 aliphatic rings. The summed E-state index contributed by atoms with van der Waals surface area (Å²) in [4.78, 5) is 31.5. The molecule has 0 atom stereocenters. The van der Waals surface area contributed by atoms with E-state index >= 15 is 0 Å². The summed E-state index contributed by atoms with van der Waals surface area (Å²) in [5.41, 5.74) is 3.97. The van der Waals surface area contributed by atoms with Crippen molar-refractivity contribution in [3.63, 3.8) is 0 Å². The van der Waals surface area contributed by atoms with Gasteiger partial charge >= 0.3 is 6.09 Å². The number of carbonyl (C=O) groups excluding carboxylic acids is 2. The van der Waals surface area contributed by atoms with Gasteiger partial charge < -0.3 is 9.94 Å². The van der Waals surface area contributed by atoms with E-state index in [2.05, 4.69) is 6.07 Å².